The molecule has 30 heavy (non-hydrogen) atoms. The Morgan fingerprint density at radius 3 is 2.53 bits per heavy atom. The quantitative estimate of drug-likeness (QED) is 0.731. The van der Waals surface area contributed by atoms with Crippen LogP contribution in [0.4, 0.5) is 5.69 Å². The van der Waals surface area contributed by atoms with E-state index in [9.17, 15) is 13.2 Å². The van der Waals surface area contributed by atoms with Gasteiger partial charge in [-0.1, -0.05) is 18.6 Å². The Morgan fingerprint density at radius 2 is 1.80 bits per heavy atom. The number of fused-ring (bicyclic) bond motifs is 1. The lowest BCUT2D eigenvalue weighted by molar-refractivity contribution is -0.124. The van der Waals surface area contributed by atoms with Crippen LogP contribution < -0.4 is 9.64 Å². The number of aryl methyl sites for hydroxylation is 1. The Labute approximate surface area is 178 Å². The second kappa shape index (κ2) is 8.40. The van der Waals surface area contributed by atoms with Crippen molar-refractivity contribution in [3.8, 4) is 5.75 Å². The van der Waals surface area contributed by atoms with E-state index in [0.717, 1.165) is 36.1 Å². The first-order chi connectivity index (χ1) is 14.4. The van der Waals surface area contributed by atoms with E-state index in [4.69, 9.17) is 4.74 Å². The summed E-state index contributed by atoms with van der Waals surface area (Å²) in [6.07, 6.45) is 2.91. The third kappa shape index (κ3) is 4.09. The van der Waals surface area contributed by atoms with Crippen LogP contribution in [0, 0.1) is 6.92 Å². The van der Waals surface area contributed by atoms with Gasteiger partial charge in [-0.3, -0.25) is 4.79 Å². The van der Waals surface area contributed by atoms with Gasteiger partial charge < -0.3 is 9.64 Å². The summed E-state index contributed by atoms with van der Waals surface area (Å²) in [7, 11) is -3.48. The lowest BCUT2D eigenvalue weighted by Crippen LogP contribution is -2.39. The van der Waals surface area contributed by atoms with Crippen molar-refractivity contribution in [1.82, 2.24) is 4.31 Å². The van der Waals surface area contributed by atoms with Crippen LogP contribution in [0.5, 0.6) is 5.75 Å². The molecule has 4 rings (SSSR count). The Morgan fingerprint density at radius 1 is 1.03 bits per heavy atom. The van der Waals surface area contributed by atoms with Gasteiger partial charge in [0.05, 0.1) is 4.90 Å². The zero-order valence-corrected chi connectivity index (χ0v) is 18.3. The molecule has 1 fully saturated rings. The predicted molar refractivity (Wildman–Crippen MR) is 116 cm³/mol. The fraction of sp³-hybridized carbons (Fsp3) is 0.435. The van der Waals surface area contributed by atoms with Gasteiger partial charge in [-0.2, -0.15) is 4.31 Å². The van der Waals surface area contributed by atoms with Crippen molar-refractivity contribution in [2.45, 2.75) is 50.5 Å². The van der Waals surface area contributed by atoms with E-state index >= 15 is 0 Å². The van der Waals surface area contributed by atoms with Crippen molar-refractivity contribution in [3.05, 3.63) is 53.6 Å². The zero-order chi connectivity index (χ0) is 21.3. The molecule has 0 N–H and O–H groups in total. The Hall–Kier alpha value is -2.38. The number of nitrogens with zero attached hydrogens (tertiary/aromatic N) is 2. The zero-order valence-electron chi connectivity index (χ0n) is 17.5. The highest BCUT2D eigenvalue weighted by Gasteiger charge is 2.32. The second-order valence-electron chi connectivity index (χ2n) is 8.07. The molecule has 6 nitrogen and oxygen atoms in total. The first kappa shape index (κ1) is 20.9. The highest BCUT2D eigenvalue weighted by Crippen LogP contribution is 2.32. The lowest BCUT2D eigenvalue weighted by Gasteiger charge is -2.26. The number of benzene rings is 2. The molecular formula is C23H28N2O4S. The summed E-state index contributed by atoms with van der Waals surface area (Å²) in [5, 5.41) is 0. The average molecular weight is 429 g/mol. The van der Waals surface area contributed by atoms with Gasteiger partial charge >= 0.3 is 0 Å². The number of ether oxygens (including phenoxy) is 1. The van der Waals surface area contributed by atoms with Gasteiger partial charge in [-0.15, -0.1) is 0 Å². The summed E-state index contributed by atoms with van der Waals surface area (Å²) in [6, 6.07) is 12.7. The number of rotatable bonds is 5. The molecule has 0 spiro atoms. The topological polar surface area (TPSA) is 66.9 Å². The number of hydrogen-bond donors (Lipinski definition) is 0. The van der Waals surface area contributed by atoms with Crippen LogP contribution in [0.3, 0.4) is 0 Å². The monoisotopic (exact) mass is 428 g/mol. The van der Waals surface area contributed by atoms with Crippen molar-refractivity contribution in [2.24, 2.45) is 0 Å². The number of anilines is 1. The fourth-order valence-electron chi connectivity index (χ4n) is 4.18. The van der Waals surface area contributed by atoms with Crippen molar-refractivity contribution < 1.29 is 17.9 Å². The summed E-state index contributed by atoms with van der Waals surface area (Å²) in [5.74, 6) is 0.542. The van der Waals surface area contributed by atoms with Crippen molar-refractivity contribution in [2.75, 3.05) is 24.5 Å². The van der Waals surface area contributed by atoms with Gasteiger partial charge in [-0.25, -0.2) is 8.42 Å². The first-order valence-electron chi connectivity index (χ1n) is 10.5. The summed E-state index contributed by atoms with van der Waals surface area (Å²) >= 11 is 0. The van der Waals surface area contributed by atoms with Gasteiger partial charge in [0.2, 0.25) is 10.0 Å². The largest absolute Gasteiger partial charge is 0.481 e. The molecule has 0 saturated carbocycles. The molecule has 7 heteroatoms. The number of sulfonamides is 1. The van der Waals surface area contributed by atoms with Gasteiger partial charge in [0, 0.05) is 25.3 Å². The molecule has 0 unspecified atom stereocenters. The number of hydrogen-bond acceptors (Lipinski definition) is 4. The molecule has 1 amide bonds. The minimum atomic E-state index is -3.48. The average Bonchev–Trinajstić information content (AvgIpc) is 3.17. The summed E-state index contributed by atoms with van der Waals surface area (Å²) < 4.78 is 33.4. The maximum atomic E-state index is 13.0. The lowest BCUT2D eigenvalue weighted by atomic mass is 10.2. The number of carbonyl (C=O) groups is 1. The fourth-order valence-corrected chi connectivity index (χ4v) is 5.75. The van der Waals surface area contributed by atoms with E-state index in [1.807, 2.05) is 31.2 Å². The molecular weight excluding hydrogens is 400 g/mol. The third-order valence-corrected chi connectivity index (χ3v) is 7.71. The highest BCUT2D eigenvalue weighted by atomic mass is 32.2. The van der Waals surface area contributed by atoms with Crippen molar-refractivity contribution >= 4 is 21.6 Å². The van der Waals surface area contributed by atoms with Crippen LogP contribution in [0.25, 0.3) is 0 Å². The van der Waals surface area contributed by atoms with E-state index < -0.39 is 16.1 Å². The van der Waals surface area contributed by atoms with E-state index in [1.54, 1.807) is 34.3 Å². The van der Waals surface area contributed by atoms with Gasteiger partial charge in [0.15, 0.2) is 6.10 Å². The third-order valence-electron chi connectivity index (χ3n) is 5.82. The molecule has 2 aliphatic rings. The Kier molecular flexibility index (Phi) is 5.84. The van der Waals surface area contributed by atoms with Crippen LogP contribution in [-0.4, -0.2) is 44.4 Å². The first-order valence-corrected chi connectivity index (χ1v) is 12.0. The molecule has 2 aliphatic heterocycles. The highest BCUT2D eigenvalue weighted by molar-refractivity contribution is 7.89. The molecule has 0 aliphatic carbocycles. The van der Waals surface area contributed by atoms with E-state index in [0.29, 0.717) is 36.7 Å². The van der Waals surface area contributed by atoms with Gasteiger partial charge in [-0.05, 0) is 74.6 Å². The van der Waals surface area contributed by atoms with Crippen molar-refractivity contribution in [3.63, 3.8) is 0 Å². The van der Waals surface area contributed by atoms with Crippen LogP contribution in [0.2, 0.25) is 0 Å². The number of piperidine rings is 1. The summed E-state index contributed by atoms with van der Waals surface area (Å²) in [5.41, 5.74) is 2.74. The standard InChI is InChI=1S/C23H28N2O4S/c1-17-7-6-8-20(15-17)29-18(2)23(26)25-14-11-19-16-21(9-10-22(19)25)30(27,28)24-12-4-3-5-13-24/h6-10,15-16,18H,3-5,11-14H2,1-2H3/t18-/m1/s1. The molecule has 2 aromatic rings. The maximum Gasteiger partial charge on any atom is 0.267 e. The van der Waals surface area contributed by atoms with E-state index in [-0.39, 0.29) is 5.91 Å². The maximum absolute atomic E-state index is 13.0. The number of carbonyl (C=O) groups excluding carboxylic acids is 1. The summed E-state index contributed by atoms with van der Waals surface area (Å²) in [4.78, 5) is 15.0. The minimum absolute atomic E-state index is 0.123. The molecule has 160 valence electrons. The van der Waals surface area contributed by atoms with Gasteiger partial charge in [0.25, 0.3) is 5.91 Å². The predicted octanol–water partition coefficient (Wildman–Crippen LogP) is 3.53. The summed E-state index contributed by atoms with van der Waals surface area (Å²) in [6.45, 7) is 5.42. The van der Waals surface area contributed by atoms with E-state index in [1.165, 1.54) is 0 Å². The molecule has 1 atom stereocenters. The van der Waals surface area contributed by atoms with Crippen LogP contribution >= 0.6 is 0 Å². The molecule has 0 radical (unpaired) electrons. The Balaban J connectivity index is 1.51. The van der Waals surface area contributed by atoms with Crippen LogP contribution in [0.15, 0.2) is 47.4 Å². The molecule has 2 heterocycles. The second-order valence-corrected chi connectivity index (χ2v) is 10.0. The Bertz CT molecular complexity index is 1040. The van der Waals surface area contributed by atoms with Gasteiger partial charge in [0.1, 0.15) is 5.75 Å². The molecule has 0 bridgehead atoms. The molecule has 1 saturated heterocycles. The van der Waals surface area contributed by atoms with Crippen molar-refractivity contribution in [1.29, 1.82) is 0 Å². The molecule has 0 aromatic heterocycles. The molecule has 2 aromatic carbocycles. The normalized spacial score (nSPS) is 18.1. The minimum Gasteiger partial charge on any atom is -0.481 e. The smallest absolute Gasteiger partial charge is 0.267 e. The van der Waals surface area contributed by atoms with E-state index in [2.05, 4.69) is 0 Å². The SMILES string of the molecule is Cc1cccc(O[C@H](C)C(=O)N2CCc3cc(S(=O)(=O)N4CCCCC4)ccc32)c1. The number of amides is 1. The van der Waals surface area contributed by atoms with Crippen LogP contribution in [0.1, 0.15) is 37.3 Å². The van der Waals surface area contributed by atoms with Crippen LogP contribution in [-0.2, 0) is 21.2 Å².